The van der Waals surface area contributed by atoms with E-state index in [1.165, 1.54) is 18.4 Å². The number of thiophene rings is 1. The molecule has 0 fully saturated rings. The third-order valence-electron chi connectivity index (χ3n) is 5.44. The number of hydrogen-bond acceptors (Lipinski definition) is 6. The molecule has 2 atom stereocenters. The van der Waals surface area contributed by atoms with E-state index in [0.717, 1.165) is 32.3 Å². The molecule has 3 N–H and O–H groups in total. The molecule has 4 aromatic rings. The highest BCUT2D eigenvalue weighted by Gasteiger charge is 2.33. The number of aliphatic hydroxyl groups is 1. The van der Waals surface area contributed by atoms with Gasteiger partial charge in [0.1, 0.15) is 5.75 Å². The van der Waals surface area contributed by atoms with Crippen LogP contribution in [0.1, 0.15) is 16.4 Å². The van der Waals surface area contributed by atoms with E-state index in [1.54, 1.807) is 7.11 Å². The lowest BCUT2D eigenvalue weighted by molar-refractivity contribution is -0.151. The van der Waals surface area contributed by atoms with Crippen LogP contribution in [0.2, 0.25) is 0 Å². The summed E-state index contributed by atoms with van der Waals surface area (Å²) >= 11 is 1.48. The molecule has 0 amide bonds. The van der Waals surface area contributed by atoms with Crippen LogP contribution in [-0.2, 0) is 9.53 Å². The average molecular weight is 434 g/mol. The van der Waals surface area contributed by atoms with E-state index in [1.807, 2.05) is 72.1 Å². The summed E-state index contributed by atoms with van der Waals surface area (Å²) in [6.45, 7) is 0. The summed E-state index contributed by atoms with van der Waals surface area (Å²) < 4.78 is 10.1. The standard InChI is InChI=1S/C25H23NO4S/c1-29-17-10-7-16(8-11-17)21(23(27)25(28)30-2)24-19(13-14-31-24)22-18-6-4-3-5-15(18)9-12-20(22)26/h3-14,21,23,27H,26H2,1-2H3. The summed E-state index contributed by atoms with van der Waals surface area (Å²) in [6, 6.07) is 21.2. The first-order valence-electron chi connectivity index (χ1n) is 9.80. The number of nitrogens with two attached hydrogens (primary N) is 1. The van der Waals surface area contributed by atoms with Crippen LogP contribution >= 0.6 is 11.3 Å². The Bertz CT molecular complexity index is 1220. The van der Waals surface area contributed by atoms with Gasteiger partial charge in [-0.15, -0.1) is 11.3 Å². The molecule has 0 radical (unpaired) electrons. The van der Waals surface area contributed by atoms with Gasteiger partial charge in [-0.3, -0.25) is 0 Å². The van der Waals surface area contributed by atoms with Crippen LogP contribution in [0.5, 0.6) is 5.75 Å². The predicted octanol–water partition coefficient (Wildman–Crippen LogP) is 4.82. The van der Waals surface area contributed by atoms with Crippen molar-refractivity contribution in [2.75, 3.05) is 20.0 Å². The van der Waals surface area contributed by atoms with Gasteiger partial charge in [0.25, 0.3) is 0 Å². The summed E-state index contributed by atoms with van der Waals surface area (Å²) in [4.78, 5) is 13.2. The average Bonchev–Trinajstić information content (AvgIpc) is 3.27. The molecule has 158 valence electrons. The Morgan fingerprint density at radius 3 is 2.45 bits per heavy atom. The number of esters is 1. The normalized spacial score (nSPS) is 13.0. The quantitative estimate of drug-likeness (QED) is 0.336. The summed E-state index contributed by atoms with van der Waals surface area (Å²) in [6.07, 6.45) is -1.37. The largest absolute Gasteiger partial charge is 0.497 e. The summed E-state index contributed by atoms with van der Waals surface area (Å²) in [7, 11) is 2.87. The minimum atomic E-state index is -1.37. The topological polar surface area (TPSA) is 81.8 Å². The first kappa shape index (κ1) is 20.9. The first-order valence-corrected chi connectivity index (χ1v) is 10.7. The molecule has 3 aromatic carbocycles. The van der Waals surface area contributed by atoms with Crippen LogP contribution in [0.15, 0.2) is 72.1 Å². The molecule has 0 aliphatic heterocycles. The number of aliphatic hydroxyl groups excluding tert-OH is 1. The van der Waals surface area contributed by atoms with Crippen molar-refractivity contribution in [3.05, 3.63) is 82.6 Å². The molecule has 1 aromatic heterocycles. The molecule has 2 unspecified atom stereocenters. The minimum Gasteiger partial charge on any atom is -0.497 e. The first-order chi connectivity index (χ1) is 15.0. The number of fused-ring (bicyclic) bond motifs is 1. The Hall–Kier alpha value is -3.35. The van der Waals surface area contributed by atoms with Gasteiger partial charge in [-0.1, -0.05) is 42.5 Å². The minimum absolute atomic E-state index is 0.619. The van der Waals surface area contributed by atoms with Gasteiger partial charge >= 0.3 is 5.97 Å². The molecule has 0 aliphatic carbocycles. The zero-order valence-electron chi connectivity index (χ0n) is 17.2. The smallest absolute Gasteiger partial charge is 0.335 e. The van der Waals surface area contributed by atoms with Crippen molar-refractivity contribution in [2.24, 2.45) is 0 Å². The molecule has 0 spiro atoms. The van der Waals surface area contributed by atoms with Crippen LogP contribution in [0.25, 0.3) is 21.9 Å². The Morgan fingerprint density at radius 2 is 1.74 bits per heavy atom. The van der Waals surface area contributed by atoms with Crippen molar-refractivity contribution in [1.82, 2.24) is 0 Å². The fourth-order valence-corrected chi connectivity index (χ4v) is 4.96. The lowest BCUT2D eigenvalue weighted by Crippen LogP contribution is -2.29. The van der Waals surface area contributed by atoms with Crippen LogP contribution in [-0.4, -0.2) is 31.4 Å². The predicted molar refractivity (Wildman–Crippen MR) is 125 cm³/mol. The summed E-state index contributed by atoms with van der Waals surface area (Å²) in [5.74, 6) is -0.613. The Labute approximate surface area is 184 Å². The number of anilines is 1. The van der Waals surface area contributed by atoms with Gasteiger partial charge in [-0.05, 0) is 51.5 Å². The molecule has 1 heterocycles. The fourth-order valence-electron chi connectivity index (χ4n) is 3.90. The molecule has 4 rings (SSSR count). The maximum atomic E-state index is 12.4. The number of carbonyl (C=O) groups excluding carboxylic acids is 1. The maximum absolute atomic E-state index is 12.4. The number of hydrogen-bond donors (Lipinski definition) is 2. The molecular weight excluding hydrogens is 410 g/mol. The number of rotatable bonds is 6. The second-order valence-electron chi connectivity index (χ2n) is 7.17. The zero-order valence-corrected chi connectivity index (χ0v) is 18.1. The van der Waals surface area contributed by atoms with E-state index in [-0.39, 0.29) is 0 Å². The van der Waals surface area contributed by atoms with Gasteiger partial charge < -0.3 is 20.3 Å². The van der Waals surface area contributed by atoms with Gasteiger partial charge in [0.2, 0.25) is 0 Å². The van der Waals surface area contributed by atoms with E-state index in [0.29, 0.717) is 11.4 Å². The van der Waals surface area contributed by atoms with Crippen LogP contribution < -0.4 is 10.5 Å². The van der Waals surface area contributed by atoms with Gasteiger partial charge in [-0.25, -0.2) is 4.79 Å². The Balaban J connectivity index is 1.92. The van der Waals surface area contributed by atoms with Crippen molar-refractivity contribution >= 4 is 33.8 Å². The van der Waals surface area contributed by atoms with Crippen LogP contribution in [0.3, 0.4) is 0 Å². The molecular formula is C25H23NO4S. The summed E-state index contributed by atoms with van der Waals surface area (Å²) in [5.41, 5.74) is 9.62. The number of methoxy groups -OCH3 is 2. The van der Waals surface area contributed by atoms with Crippen LogP contribution in [0.4, 0.5) is 5.69 Å². The van der Waals surface area contributed by atoms with E-state index in [9.17, 15) is 9.90 Å². The van der Waals surface area contributed by atoms with E-state index >= 15 is 0 Å². The number of ether oxygens (including phenoxy) is 2. The van der Waals surface area contributed by atoms with Crippen molar-refractivity contribution in [3.8, 4) is 16.9 Å². The Kier molecular flexibility index (Phi) is 5.93. The van der Waals surface area contributed by atoms with Crippen LogP contribution in [0, 0.1) is 0 Å². The van der Waals surface area contributed by atoms with Crippen molar-refractivity contribution in [1.29, 1.82) is 0 Å². The monoisotopic (exact) mass is 433 g/mol. The van der Waals surface area contributed by atoms with Gasteiger partial charge in [0.05, 0.1) is 20.1 Å². The second kappa shape index (κ2) is 8.79. The molecule has 6 heteroatoms. The molecule has 0 bridgehead atoms. The molecule has 5 nitrogen and oxygen atoms in total. The van der Waals surface area contributed by atoms with Crippen molar-refractivity contribution in [3.63, 3.8) is 0 Å². The molecule has 31 heavy (non-hydrogen) atoms. The second-order valence-corrected chi connectivity index (χ2v) is 8.12. The highest BCUT2D eigenvalue weighted by atomic mass is 32.1. The molecule has 0 saturated heterocycles. The summed E-state index contributed by atoms with van der Waals surface area (Å²) in [5, 5.41) is 15.0. The third-order valence-corrected chi connectivity index (χ3v) is 6.44. The molecule has 0 aliphatic rings. The van der Waals surface area contributed by atoms with Crippen molar-refractivity contribution < 1.29 is 19.4 Å². The zero-order chi connectivity index (χ0) is 22.0. The number of nitrogen functional groups attached to an aromatic ring is 1. The van der Waals surface area contributed by atoms with E-state index in [2.05, 4.69) is 0 Å². The van der Waals surface area contributed by atoms with E-state index in [4.69, 9.17) is 15.2 Å². The highest BCUT2D eigenvalue weighted by Crippen LogP contribution is 2.44. The maximum Gasteiger partial charge on any atom is 0.335 e. The third kappa shape index (κ3) is 3.87. The molecule has 0 saturated carbocycles. The SMILES string of the molecule is COC(=O)C(O)C(c1ccc(OC)cc1)c1sccc1-c1c(N)ccc2ccccc12. The van der Waals surface area contributed by atoms with Gasteiger partial charge in [-0.2, -0.15) is 0 Å². The number of benzene rings is 3. The Morgan fingerprint density at radius 1 is 1.00 bits per heavy atom. The highest BCUT2D eigenvalue weighted by molar-refractivity contribution is 7.10. The number of carbonyl (C=O) groups is 1. The van der Waals surface area contributed by atoms with Gasteiger partial charge in [0.15, 0.2) is 6.10 Å². The van der Waals surface area contributed by atoms with Crippen molar-refractivity contribution in [2.45, 2.75) is 12.0 Å². The van der Waals surface area contributed by atoms with E-state index < -0.39 is 18.0 Å². The fraction of sp³-hybridized carbons (Fsp3) is 0.160. The lowest BCUT2D eigenvalue weighted by atomic mass is 9.87. The lowest BCUT2D eigenvalue weighted by Gasteiger charge is -2.23. The van der Waals surface area contributed by atoms with Gasteiger partial charge in [0, 0.05) is 16.1 Å².